The highest BCUT2D eigenvalue weighted by Crippen LogP contribution is 2.22. The molecule has 2 aromatic heterocycles. The third-order valence-corrected chi connectivity index (χ3v) is 3.98. The van der Waals surface area contributed by atoms with Gasteiger partial charge in [0, 0.05) is 30.9 Å². The molecule has 0 atom stereocenters. The normalized spacial score (nSPS) is 10.8. The number of carbonyl (C=O) groups excluding carboxylic acids is 1. The Labute approximate surface area is 146 Å². The number of unbranched alkanes of at least 4 members (excludes halogenated alkanes) is 1. The molecule has 0 spiro atoms. The molecule has 0 radical (unpaired) electrons. The average Bonchev–Trinajstić information content (AvgIpc) is 3.19. The summed E-state index contributed by atoms with van der Waals surface area (Å²) in [6.45, 7) is 6.62. The number of nitrogens with zero attached hydrogens (tertiary/aromatic N) is 3. The predicted molar refractivity (Wildman–Crippen MR) is 96.5 cm³/mol. The number of rotatable bonds is 6. The van der Waals surface area contributed by atoms with Crippen molar-refractivity contribution in [2.45, 2.75) is 40.2 Å². The quantitative estimate of drug-likeness (QED) is 0.731. The van der Waals surface area contributed by atoms with Crippen LogP contribution < -0.4 is 5.32 Å². The lowest BCUT2D eigenvalue weighted by atomic mass is 10.1. The van der Waals surface area contributed by atoms with Gasteiger partial charge in [-0.2, -0.15) is 5.10 Å². The molecule has 0 fully saturated rings. The minimum atomic E-state index is -0.150. The first-order valence-electron chi connectivity index (χ1n) is 8.45. The van der Waals surface area contributed by atoms with Crippen LogP contribution in [0.15, 0.2) is 41.1 Å². The molecule has 3 aromatic rings. The second-order valence-corrected chi connectivity index (χ2v) is 6.02. The number of carbonyl (C=O) groups is 1. The zero-order chi connectivity index (χ0) is 17.8. The zero-order valence-corrected chi connectivity index (χ0v) is 14.7. The maximum Gasteiger partial charge on any atom is 0.259 e. The molecule has 1 amide bonds. The second kappa shape index (κ2) is 7.34. The fraction of sp³-hybridized carbons (Fsp3) is 0.316. The molecular weight excluding hydrogens is 316 g/mol. The molecule has 2 heterocycles. The van der Waals surface area contributed by atoms with Crippen molar-refractivity contribution >= 4 is 11.6 Å². The van der Waals surface area contributed by atoms with Crippen molar-refractivity contribution in [2.75, 3.05) is 5.32 Å². The lowest BCUT2D eigenvalue weighted by Gasteiger charge is -2.05. The molecule has 0 saturated heterocycles. The van der Waals surface area contributed by atoms with Crippen molar-refractivity contribution in [3.63, 3.8) is 0 Å². The van der Waals surface area contributed by atoms with E-state index in [1.165, 1.54) is 0 Å². The van der Waals surface area contributed by atoms with Crippen LogP contribution >= 0.6 is 0 Å². The van der Waals surface area contributed by atoms with Crippen molar-refractivity contribution < 1.29 is 9.21 Å². The van der Waals surface area contributed by atoms with Crippen molar-refractivity contribution in [3.05, 3.63) is 53.8 Å². The standard InChI is InChI=1S/C19H22N4O2/c1-4-5-10-23-12-17(13(2)22-23)19(24)21-16-8-6-15(7-9-16)18-11-20-14(3)25-18/h6-9,11-12H,4-5,10H2,1-3H3,(H,21,24). The summed E-state index contributed by atoms with van der Waals surface area (Å²) >= 11 is 0. The van der Waals surface area contributed by atoms with Gasteiger partial charge in [-0.3, -0.25) is 9.48 Å². The molecule has 0 saturated carbocycles. The summed E-state index contributed by atoms with van der Waals surface area (Å²) in [5, 5.41) is 7.32. The van der Waals surface area contributed by atoms with Crippen molar-refractivity contribution in [2.24, 2.45) is 0 Å². The Kier molecular flexibility index (Phi) is 4.97. The maximum absolute atomic E-state index is 12.5. The monoisotopic (exact) mass is 338 g/mol. The van der Waals surface area contributed by atoms with Crippen LogP contribution in [0.1, 0.15) is 41.7 Å². The summed E-state index contributed by atoms with van der Waals surface area (Å²) in [6.07, 6.45) is 5.64. The lowest BCUT2D eigenvalue weighted by Crippen LogP contribution is -2.12. The summed E-state index contributed by atoms with van der Waals surface area (Å²) in [4.78, 5) is 16.6. The number of amides is 1. The first-order valence-corrected chi connectivity index (χ1v) is 8.45. The van der Waals surface area contributed by atoms with Crippen molar-refractivity contribution in [1.29, 1.82) is 0 Å². The smallest absolute Gasteiger partial charge is 0.259 e. The molecule has 6 nitrogen and oxygen atoms in total. The van der Waals surface area contributed by atoms with Gasteiger partial charge in [-0.05, 0) is 37.6 Å². The highest BCUT2D eigenvalue weighted by Gasteiger charge is 2.14. The number of anilines is 1. The predicted octanol–water partition coefficient (Wildman–Crippen LogP) is 4.21. The number of hydrogen-bond donors (Lipinski definition) is 1. The maximum atomic E-state index is 12.5. The second-order valence-electron chi connectivity index (χ2n) is 6.02. The van der Waals surface area contributed by atoms with Gasteiger partial charge >= 0.3 is 0 Å². The van der Waals surface area contributed by atoms with Gasteiger partial charge in [-0.25, -0.2) is 4.98 Å². The fourth-order valence-corrected chi connectivity index (χ4v) is 2.59. The number of nitrogens with one attached hydrogen (secondary N) is 1. The molecule has 3 rings (SSSR count). The van der Waals surface area contributed by atoms with Crippen LogP contribution in [-0.4, -0.2) is 20.7 Å². The molecule has 0 aliphatic rings. The number of hydrogen-bond acceptors (Lipinski definition) is 4. The van der Waals surface area contributed by atoms with Crippen LogP contribution in [0.4, 0.5) is 5.69 Å². The van der Waals surface area contributed by atoms with Gasteiger partial charge in [0.05, 0.1) is 17.5 Å². The van der Waals surface area contributed by atoms with E-state index in [1.807, 2.05) is 42.1 Å². The molecule has 25 heavy (non-hydrogen) atoms. The van der Waals surface area contributed by atoms with Crippen LogP contribution in [0.3, 0.4) is 0 Å². The summed E-state index contributed by atoms with van der Waals surface area (Å²) in [5.74, 6) is 1.19. The molecule has 6 heteroatoms. The molecular formula is C19H22N4O2. The first kappa shape index (κ1) is 17.0. The Balaban J connectivity index is 1.69. The topological polar surface area (TPSA) is 73.0 Å². The number of aryl methyl sites for hydroxylation is 3. The van der Waals surface area contributed by atoms with Gasteiger partial charge in [-0.15, -0.1) is 0 Å². The Morgan fingerprint density at radius 2 is 2.00 bits per heavy atom. The largest absolute Gasteiger partial charge is 0.441 e. The van der Waals surface area contributed by atoms with Crippen LogP contribution in [0.25, 0.3) is 11.3 Å². The third kappa shape index (κ3) is 3.96. The van der Waals surface area contributed by atoms with Crippen molar-refractivity contribution in [1.82, 2.24) is 14.8 Å². The molecule has 0 bridgehead atoms. The summed E-state index contributed by atoms with van der Waals surface area (Å²) < 4.78 is 7.34. The van der Waals surface area contributed by atoms with Gasteiger partial charge in [0.2, 0.25) is 0 Å². The number of oxazole rings is 1. The zero-order valence-electron chi connectivity index (χ0n) is 14.7. The van der Waals surface area contributed by atoms with Gasteiger partial charge in [0.25, 0.3) is 5.91 Å². The molecule has 130 valence electrons. The molecule has 1 aromatic carbocycles. The molecule has 1 N–H and O–H groups in total. The third-order valence-electron chi connectivity index (χ3n) is 3.98. The van der Waals surface area contributed by atoms with E-state index in [0.29, 0.717) is 17.2 Å². The minimum Gasteiger partial charge on any atom is -0.441 e. The van der Waals surface area contributed by atoms with Gasteiger partial charge in [-0.1, -0.05) is 13.3 Å². The van der Waals surface area contributed by atoms with E-state index in [2.05, 4.69) is 22.3 Å². The highest BCUT2D eigenvalue weighted by molar-refractivity contribution is 6.04. The number of benzene rings is 1. The molecule has 0 aliphatic heterocycles. The Morgan fingerprint density at radius 3 is 2.64 bits per heavy atom. The van der Waals surface area contributed by atoms with E-state index in [1.54, 1.807) is 13.1 Å². The van der Waals surface area contributed by atoms with E-state index in [9.17, 15) is 4.79 Å². The summed E-state index contributed by atoms with van der Waals surface area (Å²) in [5.41, 5.74) is 2.99. The van der Waals surface area contributed by atoms with Gasteiger partial charge in [0.15, 0.2) is 11.7 Å². The Hall–Kier alpha value is -2.89. The van der Waals surface area contributed by atoms with Crippen LogP contribution in [-0.2, 0) is 6.54 Å². The van der Waals surface area contributed by atoms with Crippen LogP contribution in [0.5, 0.6) is 0 Å². The van der Waals surface area contributed by atoms with Crippen LogP contribution in [0.2, 0.25) is 0 Å². The van der Waals surface area contributed by atoms with E-state index < -0.39 is 0 Å². The van der Waals surface area contributed by atoms with Crippen molar-refractivity contribution in [3.8, 4) is 11.3 Å². The van der Waals surface area contributed by atoms with E-state index in [4.69, 9.17) is 4.42 Å². The van der Waals surface area contributed by atoms with E-state index >= 15 is 0 Å². The number of aromatic nitrogens is 3. The van der Waals surface area contributed by atoms with Gasteiger partial charge < -0.3 is 9.73 Å². The summed E-state index contributed by atoms with van der Waals surface area (Å²) in [6, 6.07) is 7.49. The van der Waals surface area contributed by atoms with Gasteiger partial charge in [0.1, 0.15) is 0 Å². The fourth-order valence-electron chi connectivity index (χ4n) is 2.59. The average molecular weight is 338 g/mol. The Morgan fingerprint density at radius 1 is 1.24 bits per heavy atom. The Bertz CT molecular complexity index is 862. The minimum absolute atomic E-state index is 0.150. The molecule has 0 aliphatic carbocycles. The summed E-state index contributed by atoms with van der Waals surface area (Å²) in [7, 11) is 0. The molecule has 0 unspecified atom stereocenters. The lowest BCUT2D eigenvalue weighted by molar-refractivity contribution is 0.102. The SMILES string of the molecule is CCCCn1cc(C(=O)Nc2ccc(-c3cnc(C)o3)cc2)c(C)n1. The van der Waals surface area contributed by atoms with E-state index in [-0.39, 0.29) is 5.91 Å². The first-order chi connectivity index (χ1) is 12.1. The highest BCUT2D eigenvalue weighted by atomic mass is 16.4. The van der Waals surface area contributed by atoms with E-state index in [0.717, 1.165) is 36.3 Å². The van der Waals surface area contributed by atoms with Crippen LogP contribution in [0, 0.1) is 13.8 Å².